The number of amides is 1. The summed E-state index contributed by atoms with van der Waals surface area (Å²) in [5.74, 6) is -0.527. The maximum Gasteiger partial charge on any atom is 0.320 e. The van der Waals surface area contributed by atoms with E-state index >= 15 is 0 Å². The number of fused-ring (bicyclic) bond motifs is 2. The molecule has 43 heavy (non-hydrogen) atoms. The van der Waals surface area contributed by atoms with Gasteiger partial charge in [0.25, 0.3) is 5.91 Å². The topological polar surface area (TPSA) is 116 Å². The first kappa shape index (κ1) is 28.3. The van der Waals surface area contributed by atoms with Gasteiger partial charge in [0, 0.05) is 31.2 Å². The van der Waals surface area contributed by atoms with E-state index in [4.69, 9.17) is 24.4 Å². The Kier molecular flexibility index (Phi) is 8.03. The fraction of sp³-hybridized carbons (Fsp3) is 0.344. The number of hydrogen-bond acceptors (Lipinski definition) is 9. The zero-order chi connectivity index (χ0) is 29.9. The molecule has 11 heteroatoms. The average Bonchev–Trinajstić information content (AvgIpc) is 3.56. The smallest absolute Gasteiger partial charge is 0.320 e. The molecule has 4 heterocycles. The molecule has 0 saturated carbocycles. The second kappa shape index (κ2) is 12.2. The Hall–Kier alpha value is -4.82. The van der Waals surface area contributed by atoms with Crippen LogP contribution < -0.4 is 19.7 Å². The summed E-state index contributed by atoms with van der Waals surface area (Å²) in [7, 11) is 1.64. The number of carbonyl (C=O) groups is 1. The maximum atomic E-state index is 13.8. The van der Waals surface area contributed by atoms with Crippen molar-refractivity contribution in [3.63, 3.8) is 0 Å². The highest BCUT2D eigenvalue weighted by atomic mass is 19.1. The molecule has 220 valence electrons. The molecule has 2 atom stereocenters. The minimum absolute atomic E-state index is 0.0422. The minimum Gasteiger partial charge on any atom is -0.497 e. The molecule has 2 saturated heterocycles. The number of nitriles is 1. The zero-order valence-electron chi connectivity index (χ0n) is 23.9. The van der Waals surface area contributed by atoms with Gasteiger partial charge in [-0.15, -0.1) is 0 Å². The van der Waals surface area contributed by atoms with Crippen molar-refractivity contribution in [1.29, 1.82) is 5.26 Å². The van der Waals surface area contributed by atoms with Crippen LogP contribution in [0.2, 0.25) is 0 Å². The first-order chi connectivity index (χ1) is 20.9. The van der Waals surface area contributed by atoms with Crippen LogP contribution in [0, 0.1) is 11.3 Å². The molecule has 4 aromatic rings. The summed E-state index contributed by atoms with van der Waals surface area (Å²) in [6.45, 7) is 5.40. The van der Waals surface area contributed by atoms with Crippen LogP contribution in [0.25, 0.3) is 33.1 Å². The lowest BCUT2D eigenvalue weighted by atomic mass is 10.0. The summed E-state index contributed by atoms with van der Waals surface area (Å²) in [5.41, 5.74) is 2.08. The Morgan fingerprint density at radius 1 is 1.16 bits per heavy atom. The van der Waals surface area contributed by atoms with Crippen LogP contribution in [-0.2, 0) is 4.79 Å². The molecular formula is C32H32FN7O3. The van der Waals surface area contributed by atoms with Crippen LogP contribution in [0.3, 0.4) is 0 Å². The molecule has 2 fully saturated rings. The van der Waals surface area contributed by atoms with Crippen LogP contribution in [-0.4, -0.2) is 77.7 Å². The Labute approximate surface area is 248 Å². The average molecular weight is 582 g/mol. The van der Waals surface area contributed by atoms with E-state index in [9.17, 15) is 14.4 Å². The summed E-state index contributed by atoms with van der Waals surface area (Å²) >= 11 is 0. The molecule has 0 bridgehead atoms. The predicted octanol–water partition coefficient (Wildman–Crippen LogP) is 4.40. The molecule has 0 radical (unpaired) electrons. The van der Waals surface area contributed by atoms with E-state index in [0.717, 1.165) is 47.2 Å². The Balaban J connectivity index is 1.42. The van der Waals surface area contributed by atoms with Crippen molar-refractivity contribution >= 4 is 33.5 Å². The molecule has 1 N–H and O–H groups in total. The third-order valence-electron chi connectivity index (χ3n) is 8.04. The summed E-state index contributed by atoms with van der Waals surface area (Å²) in [4.78, 5) is 30.3. The standard InChI is InChI=1S/C32H32FN7O3/c1-20(33)31(41)40-15-14-39(18-23(40)11-12-34)30-26-9-10-28(27-17-24(42-2)16-21-6-3-4-8-25(21)27)36-29(26)37-32(38-30)43-19-22-7-5-13-35-22/h3-4,6,8-10,16-17,22-23,35H,1,5,7,11,13-15,18-19H2,2H3/t22-,23-/m0/s1. The van der Waals surface area contributed by atoms with Crippen molar-refractivity contribution < 1.29 is 18.7 Å². The number of hydrogen-bond donors (Lipinski definition) is 1. The van der Waals surface area contributed by atoms with Gasteiger partial charge >= 0.3 is 6.01 Å². The van der Waals surface area contributed by atoms with Gasteiger partial charge < -0.3 is 24.6 Å². The van der Waals surface area contributed by atoms with E-state index in [2.05, 4.69) is 18.0 Å². The molecule has 2 aromatic heterocycles. The lowest BCUT2D eigenvalue weighted by Crippen LogP contribution is -2.55. The molecule has 0 unspecified atom stereocenters. The molecule has 10 nitrogen and oxygen atoms in total. The van der Waals surface area contributed by atoms with E-state index in [1.54, 1.807) is 7.11 Å². The Morgan fingerprint density at radius 3 is 2.79 bits per heavy atom. The molecule has 2 aliphatic heterocycles. The first-order valence-corrected chi connectivity index (χ1v) is 14.3. The number of nitrogens with one attached hydrogen (secondary N) is 1. The van der Waals surface area contributed by atoms with Crippen molar-refractivity contribution in [2.45, 2.75) is 31.3 Å². The number of carbonyl (C=O) groups excluding carboxylic acids is 1. The second-order valence-corrected chi connectivity index (χ2v) is 10.8. The molecule has 0 aliphatic carbocycles. The third-order valence-corrected chi connectivity index (χ3v) is 8.04. The van der Waals surface area contributed by atoms with Crippen molar-refractivity contribution in [3.05, 3.63) is 60.9 Å². The predicted molar refractivity (Wildman–Crippen MR) is 162 cm³/mol. The van der Waals surface area contributed by atoms with Gasteiger partial charge in [0.15, 0.2) is 11.5 Å². The molecule has 2 aliphatic rings. The second-order valence-electron chi connectivity index (χ2n) is 10.8. The number of halogens is 1. The summed E-state index contributed by atoms with van der Waals surface area (Å²) in [6.07, 6.45) is 2.14. The van der Waals surface area contributed by atoms with Gasteiger partial charge in [-0.2, -0.15) is 15.2 Å². The Morgan fingerprint density at radius 2 is 2.02 bits per heavy atom. The quantitative estimate of drug-likeness (QED) is 0.302. The van der Waals surface area contributed by atoms with E-state index in [1.165, 1.54) is 4.90 Å². The monoisotopic (exact) mass is 581 g/mol. The van der Waals surface area contributed by atoms with Gasteiger partial charge in [-0.3, -0.25) is 4.79 Å². The highest BCUT2D eigenvalue weighted by Gasteiger charge is 2.33. The van der Waals surface area contributed by atoms with Gasteiger partial charge in [0.1, 0.15) is 18.2 Å². The van der Waals surface area contributed by atoms with Crippen molar-refractivity contribution in [3.8, 4) is 29.1 Å². The number of benzene rings is 2. The summed E-state index contributed by atoms with van der Waals surface area (Å²) in [6, 6.07) is 17.9. The SMILES string of the molecule is C=C(F)C(=O)N1CCN(c2nc(OC[C@@H]3CCCN3)nc3nc(-c4cc(OC)cc5ccccc45)ccc23)C[C@@H]1CC#N. The number of methoxy groups -OCH3 is 1. The lowest BCUT2D eigenvalue weighted by Gasteiger charge is -2.41. The lowest BCUT2D eigenvalue weighted by molar-refractivity contribution is -0.131. The number of nitrogens with zero attached hydrogens (tertiary/aromatic N) is 6. The van der Waals surface area contributed by atoms with Gasteiger partial charge in [0.2, 0.25) is 0 Å². The summed E-state index contributed by atoms with van der Waals surface area (Å²) in [5, 5.41) is 15.6. The van der Waals surface area contributed by atoms with Crippen LogP contribution >= 0.6 is 0 Å². The molecule has 2 aromatic carbocycles. The van der Waals surface area contributed by atoms with Crippen LogP contribution in [0.15, 0.2) is 60.9 Å². The van der Waals surface area contributed by atoms with E-state index in [0.29, 0.717) is 30.0 Å². The van der Waals surface area contributed by atoms with E-state index < -0.39 is 17.8 Å². The number of rotatable bonds is 8. The van der Waals surface area contributed by atoms with Crippen LogP contribution in [0.4, 0.5) is 10.2 Å². The third kappa shape index (κ3) is 5.79. The minimum atomic E-state index is -1.04. The number of ether oxygens (including phenoxy) is 2. The van der Waals surface area contributed by atoms with Crippen molar-refractivity contribution in [2.75, 3.05) is 44.8 Å². The van der Waals surface area contributed by atoms with Gasteiger partial charge in [-0.1, -0.05) is 30.8 Å². The van der Waals surface area contributed by atoms with Gasteiger partial charge in [0.05, 0.1) is 36.7 Å². The largest absolute Gasteiger partial charge is 0.497 e. The highest BCUT2D eigenvalue weighted by molar-refractivity contribution is 5.99. The molecule has 0 spiro atoms. The van der Waals surface area contributed by atoms with Crippen LogP contribution in [0.5, 0.6) is 11.8 Å². The van der Waals surface area contributed by atoms with E-state index in [1.807, 2.05) is 53.4 Å². The molecule has 1 amide bonds. The molecular weight excluding hydrogens is 549 g/mol. The van der Waals surface area contributed by atoms with Crippen molar-refractivity contribution in [1.82, 2.24) is 25.2 Å². The number of pyridine rings is 1. The number of anilines is 1. The maximum absolute atomic E-state index is 13.8. The fourth-order valence-corrected chi connectivity index (χ4v) is 5.87. The summed E-state index contributed by atoms with van der Waals surface area (Å²) < 4.78 is 25.4. The zero-order valence-corrected chi connectivity index (χ0v) is 23.9. The highest BCUT2D eigenvalue weighted by Crippen LogP contribution is 2.35. The number of aromatic nitrogens is 3. The van der Waals surface area contributed by atoms with Crippen LogP contribution in [0.1, 0.15) is 19.3 Å². The normalized spacial score (nSPS) is 18.5. The van der Waals surface area contributed by atoms with E-state index in [-0.39, 0.29) is 31.6 Å². The van der Waals surface area contributed by atoms with Crippen molar-refractivity contribution in [2.24, 2.45) is 0 Å². The Bertz CT molecular complexity index is 1730. The van der Waals surface area contributed by atoms with Gasteiger partial charge in [-0.25, -0.2) is 9.37 Å². The fourth-order valence-electron chi connectivity index (χ4n) is 5.87. The first-order valence-electron chi connectivity index (χ1n) is 14.3. The number of piperazine rings is 1. The van der Waals surface area contributed by atoms with Gasteiger partial charge in [-0.05, 0) is 54.4 Å². The molecule has 6 rings (SSSR count).